The summed E-state index contributed by atoms with van der Waals surface area (Å²) in [7, 11) is 0. The topological polar surface area (TPSA) is 56.0 Å². The Bertz CT molecular complexity index is 589. The lowest BCUT2D eigenvalue weighted by molar-refractivity contribution is 0.0873. The van der Waals surface area contributed by atoms with Gasteiger partial charge in [-0.2, -0.15) is 0 Å². The van der Waals surface area contributed by atoms with Gasteiger partial charge in [0.2, 0.25) is 0 Å². The van der Waals surface area contributed by atoms with E-state index in [1.807, 2.05) is 44.2 Å². The van der Waals surface area contributed by atoms with Gasteiger partial charge in [0.05, 0.1) is 11.0 Å². The number of ketones is 1. The number of nitrogens with two attached hydrogens (primary N) is 1. The van der Waals surface area contributed by atoms with Crippen molar-refractivity contribution in [2.75, 3.05) is 5.73 Å². The number of rotatable bonds is 5. The van der Waals surface area contributed by atoms with Gasteiger partial charge >= 0.3 is 0 Å². The van der Waals surface area contributed by atoms with Gasteiger partial charge in [0.1, 0.15) is 5.82 Å². The molecule has 0 radical (unpaired) electrons. The highest BCUT2D eigenvalue weighted by Gasteiger charge is 2.38. The summed E-state index contributed by atoms with van der Waals surface area (Å²) in [6, 6.07) is 13.4. The van der Waals surface area contributed by atoms with Crippen LogP contribution in [0, 0.1) is 0 Å². The SMILES string of the molecule is CCC(CC)(C(=O)c1cccnc1N)c1ccccc1. The van der Waals surface area contributed by atoms with Crippen molar-refractivity contribution in [2.45, 2.75) is 32.1 Å². The molecule has 0 saturated carbocycles. The summed E-state index contributed by atoms with van der Waals surface area (Å²) in [4.78, 5) is 17.1. The molecule has 2 rings (SSSR count). The third-order valence-electron chi connectivity index (χ3n) is 4.05. The van der Waals surface area contributed by atoms with E-state index in [0.29, 0.717) is 11.4 Å². The number of nitrogen functional groups attached to an aromatic ring is 1. The van der Waals surface area contributed by atoms with E-state index in [0.717, 1.165) is 18.4 Å². The maximum atomic E-state index is 13.0. The number of anilines is 1. The minimum absolute atomic E-state index is 0.0549. The maximum Gasteiger partial charge on any atom is 0.177 e. The Morgan fingerprint density at radius 2 is 1.75 bits per heavy atom. The third-order valence-corrected chi connectivity index (χ3v) is 4.05. The van der Waals surface area contributed by atoms with Crippen LogP contribution in [0.2, 0.25) is 0 Å². The van der Waals surface area contributed by atoms with Gasteiger partial charge in [-0.3, -0.25) is 4.79 Å². The minimum atomic E-state index is -0.529. The first-order chi connectivity index (χ1) is 9.65. The zero-order valence-corrected chi connectivity index (χ0v) is 12.0. The molecule has 1 aromatic heterocycles. The zero-order valence-electron chi connectivity index (χ0n) is 12.0. The Morgan fingerprint density at radius 1 is 1.10 bits per heavy atom. The molecule has 3 heteroatoms. The van der Waals surface area contributed by atoms with E-state index < -0.39 is 5.41 Å². The van der Waals surface area contributed by atoms with Gasteiger partial charge in [-0.25, -0.2) is 4.98 Å². The molecule has 0 spiro atoms. The molecule has 0 unspecified atom stereocenters. The van der Waals surface area contributed by atoms with Crippen LogP contribution < -0.4 is 5.73 Å². The number of carbonyl (C=O) groups excluding carboxylic acids is 1. The highest BCUT2D eigenvalue weighted by molar-refractivity contribution is 6.07. The number of nitrogens with zero attached hydrogens (tertiary/aromatic N) is 1. The lowest BCUT2D eigenvalue weighted by Crippen LogP contribution is -2.35. The number of Topliss-reactive ketones (excluding diaryl/α,β-unsaturated/α-hetero) is 1. The van der Waals surface area contributed by atoms with Crippen molar-refractivity contribution in [1.82, 2.24) is 4.98 Å². The fraction of sp³-hybridized carbons (Fsp3) is 0.294. The van der Waals surface area contributed by atoms with Crippen LogP contribution in [0.4, 0.5) is 5.82 Å². The van der Waals surface area contributed by atoms with Crippen molar-refractivity contribution in [2.24, 2.45) is 0 Å². The van der Waals surface area contributed by atoms with E-state index in [4.69, 9.17) is 5.73 Å². The van der Waals surface area contributed by atoms with E-state index in [1.54, 1.807) is 18.3 Å². The quantitative estimate of drug-likeness (QED) is 0.843. The number of pyridine rings is 1. The fourth-order valence-corrected chi connectivity index (χ4v) is 2.73. The summed E-state index contributed by atoms with van der Waals surface area (Å²) in [5.41, 5.74) is 6.90. The molecule has 0 bridgehead atoms. The number of carbonyl (C=O) groups is 1. The van der Waals surface area contributed by atoms with E-state index in [2.05, 4.69) is 4.98 Å². The van der Waals surface area contributed by atoms with Crippen LogP contribution in [-0.4, -0.2) is 10.8 Å². The average Bonchev–Trinajstić information content (AvgIpc) is 2.50. The second-order valence-corrected chi connectivity index (χ2v) is 4.92. The van der Waals surface area contributed by atoms with Crippen molar-refractivity contribution < 1.29 is 4.79 Å². The first kappa shape index (κ1) is 14.3. The summed E-state index contributed by atoms with van der Waals surface area (Å²) >= 11 is 0. The predicted octanol–water partition coefficient (Wildman–Crippen LogP) is 3.60. The summed E-state index contributed by atoms with van der Waals surface area (Å²) in [6.45, 7) is 4.09. The van der Waals surface area contributed by atoms with Gasteiger partial charge in [0.15, 0.2) is 5.78 Å². The van der Waals surface area contributed by atoms with Crippen LogP contribution in [0.3, 0.4) is 0 Å². The van der Waals surface area contributed by atoms with E-state index in [-0.39, 0.29) is 5.78 Å². The standard InChI is InChI=1S/C17H20N2O/c1-3-17(4-2,13-9-6-5-7-10-13)15(20)14-11-8-12-19-16(14)18/h5-12H,3-4H2,1-2H3,(H2,18,19). The van der Waals surface area contributed by atoms with Crippen LogP contribution in [0.25, 0.3) is 0 Å². The van der Waals surface area contributed by atoms with Crippen molar-refractivity contribution in [3.05, 3.63) is 59.8 Å². The molecule has 0 aliphatic heterocycles. The Kier molecular flexibility index (Phi) is 4.18. The molecule has 0 aliphatic carbocycles. The van der Waals surface area contributed by atoms with Crippen molar-refractivity contribution in [3.8, 4) is 0 Å². The van der Waals surface area contributed by atoms with Crippen LogP contribution >= 0.6 is 0 Å². The smallest absolute Gasteiger partial charge is 0.177 e. The van der Waals surface area contributed by atoms with Crippen LogP contribution in [0.5, 0.6) is 0 Å². The molecule has 104 valence electrons. The molecular formula is C17H20N2O. The van der Waals surface area contributed by atoms with Crippen LogP contribution in [-0.2, 0) is 5.41 Å². The molecule has 0 saturated heterocycles. The summed E-state index contributed by atoms with van der Waals surface area (Å²) < 4.78 is 0. The highest BCUT2D eigenvalue weighted by Crippen LogP contribution is 2.36. The number of hydrogen-bond donors (Lipinski definition) is 1. The Balaban J connectivity index is 2.54. The molecule has 1 aromatic carbocycles. The molecule has 0 fully saturated rings. The van der Waals surface area contributed by atoms with E-state index in [9.17, 15) is 4.79 Å². The Hall–Kier alpha value is -2.16. The first-order valence-corrected chi connectivity index (χ1v) is 6.96. The Morgan fingerprint density at radius 3 is 2.30 bits per heavy atom. The molecule has 2 N–H and O–H groups in total. The lowest BCUT2D eigenvalue weighted by Gasteiger charge is -2.31. The monoisotopic (exact) mass is 268 g/mol. The van der Waals surface area contributed by atoms with Gasteiger partial charge < -0.3 is 5.73 Å². The van der Waals surface area contributed by atoms with E-state index >= 15 is 0 Å². The molecule has 1 heterocycles. The molecule has 3 nitrogen and oxygen atoms in total. The molecule has 0 amide bonds. The fourth-order valence-electron chi connectivity index (χ4n) is 2.73. The predicted molar refractivity (Wildman–Crippen MR) is 81.7 cm³/mol. The van der Waals surface area contributed by atoms with Crippen LogP contribution in [0.15, 0.2) is 48.7 Å². The minimum Gasteiger partial charge on any atom is -0.383 e. The first-order valence-electron chi connectivity index (χ1n) is 6.96. The molecule has 0 atom stereocenters. The van der Waals surface area contributed by atoms with Crippen LogP contribution in [0.1, 0.15) is 42.6 Å². The van der Waals surface area contributed by atoms with Gasteiger partial charge in [-0.15, -0.1) is 0 Å². The van der Waals surface area contributed by atoms with Gasteiger partial charge in [0.25, 0.3) is 0 Å². The van der Waals surface area contributed by atoms with Crippen molar-refractivity contribution in [3.63, 3.8) is 0 Å². The number of aromatic nitrogens is 1. The maximum absolute atomic E-state index is 13.0. The second kappa shape index (κ2) is 5.87. The molecule has 2 aromatic rings. The molecule has 0 aliphatic rings. The van der Waals surface area contributed by atoms with Gasteiger partial charge in [-0.05, 0) is 30.5 Å². The molecular weight excluding hydrogens is 248 g/mol. The Labute approximate surface area is 119 Å². The number of hydrogen-bond acceptors (Lipinski definition) is 3. The summed E-state index contributed by atoms with van der Waals surface area (Å²) in [5.74, 6) is 0.360. The normalized spacial score (nSPS) is 11.3. The zero-order chi connectivity index (χ0) is 14.6. The third kappa shape index (κ3) is 2.31. The van der Waals surface area contributed by atoms with E-state index in [1.165, 1.54) is 0 Å². The van der Waals surface area contributed by atoms with Gasteiger partial charge in [0, 0.05) is 6.20 Å². The average molecular weight is 268 g/mol. The summed E-state index contributed by atoms with van der Waals surface area (Å²) in [6.07, 6.45) is 3.08. The van der Waals surface area contributed by atoms with Crippen molar-refractivity contribution >= 4 is 11.6 Å². The van der Waals surface area contributed by atoms with Gasteiger partial charge in [-0.1, -0.05) is 44.2 Å². The summed E-state index contributed by atoms with van der Waals surface area (Å²) in [5, 5.41) is 0. The van der Waals surface area contributed by atoms with Crippen molar-refractivity contribution in [1.29, 1.82) is 0 Å². The number of benzene rings is 1. The second-order valence-electron chi connectivity index (χ2n) is 4.92. The lowest BCUT2D eigenvalue weighted by atomic mass is 9.70. The highest BCUT2D eigenvalue weighted by atomic mass is 16.1. The molecule has 20 heavy (non-hydrogen) atoms. The largest absolute Gasteiger partial charge is 0.383 e.